The minimum Gasteiger partial charge on any atom is -0.870 e. The van der Waals surface area contributed by atoms with Crippen LogP contribution < -0.4 is 0 Å². The minimum absolute atomic E-state index is 0. The van der Waals surface area contributed by atoms with Gasteiger partial charge in [0.2, 0.25) is 0 Å². The van der Waals surface area contributed by atoms with Crippen molar-refractivity contribution in [1.82, 2.24) is 0 Å². The predicted octanol–water partition coefficient (Wildman–Crippen LogP) is -1.09. The molecule has 0 spiro atoms. The number of hydrogen-bond donors (Lipinski definition) is 0. The first kappa shape index (κ1) is 324. The van der Waals surface area contributed by atoms with Crippen molar-refractivity contribution in [3.63, 3.8) is 0 Å². The quantitative estimate of drug-likeness (QED) is 0.352. The van der Waals surface area contributed by atoms with Crippen molar-refractivity contribution in [1.29, 1.82) is 0 Å². The summed E-state index contributed by atoms with van der Waals surface area (Å²) < 4.78 is 0. The zero-order valence-electron chi connectivity index (χ0n) is 2.50. The summed E-state index contributed by atoms with van der Waals surface area (Å²) in [6, 6.07) is 0. The van der Waals surface area contributed by atoms with Gasteiger partial charge < -0.3 is 21.9 Å². The largest absolute Gasteiger partial charge is 2.00 e. The van der Waals surface area contributed by atoms with Crippen LogP contribution in [0, 0.1) is 0 Å². The summed E-state index contributed by atoms with van der Waals surface area (Å²) >= 11 is 0. The van der Waals surface area contributed by atoms with Crippen LogP contribution >= 0.6 is 0 Å². The van der Waals surface area contributed by atoms with Crippen LogP contribution in [0.5, 0.6) is 0 Å². The van der Waals surface area contributed by atoms with Crippen LogP contribution in [0.25, 0.3) is 0 Å². The molecule has 4 nitrogen and oxygen atoms in total. The van der Waals surface area contributed by atoms with E-state index in [0.717, 1.165) is 0 Å². The Hall–Kier alpha value is 0.606. The molecule has 0 bridgehead atoms. The van der Waals surface area contributed by atoms with E-state index in [1.165, 1.54) is 0 Å². The maximum atomic E-state index is 0. The van der Waals surface area contributed by atoms with E-state index in [9.17, 15) is 0 Å². The van der Waals surface area contributed by atoms with Crippen LogP contribution in [-0.2, 0) is 0 Å². The minimum atomic E-state index is 0. The maximum Gasteiger partial charge on any atom is 2.00 e. The Labute approximate surface area is 45.6 Å². The first-order valence-electron chi connectivity index (χ1n) is 0. The molecule has 0 amide bonds. The summed E-state index contributed by atoms with van der Waals surface area (Å²) in [6.45, 7) is 0. The van der Waals surface area contributed by atoms with Gasteiger partial charge in [-0.2, -0.15) is 0 Å². The van der Waals surface area contributed by atoms with Crippen LogP contribution in [0.15, 0.2) is 0 Å². The van der Waals surface area contributed by atoms with E-state index in [4.69, 9.17) is 0 Å². The Morgan fingerprint density at radius 3 is 0.400 bits per heavy atom. The summed E-state index contributed by atoms with van der Waals surface area (Å²) in [5.41, 5.74) is 0. The molecule has 5 heavy (non-hydrogen) atoms. The average Bonchev–Trinajstić information content (AvgIpc) is 0. The van der Waals surface area contributed by atoms with E-state index in [-0.39, 0.29) is 45.0 Å². The molecular formula is H4MgO4-2. The Morgan fingerprint density at radius 1 is 0.400 bits per heavy atom. The molecule has 5 heteroatoms. The Kier molecular flexibility index (Phi) is 10600. The van der Waals surface area contributed by atoms with Crippen molar-refractivity contribution in [2.24, 2.45) is 0 Å². The summed E-state index contributed by atoms with van der Waals surface area (Å²) in [7, 11) is 0. The summed E-state index contributed by atoms with van der Waals surface area (Å²) in [5.74, 6) is 0. The van der Waals surface area contributed by atoms with Crippen molar-refractivity contribution in [3.05, 3.63) is 0 Å². The van der Waals surface area contributed by atoms with Crippen LogP contribution in [0.1, 0.15) is 0 Å². The van der Waals surface area contributed by atoms with Crippen molar-refractivity contribution >= 4 is 23.1 Å². The number of hydrogen-bond acceptors (Lipinski definition) is 4. The molecule has 0 rings (SSSR count). The number of rotatable bonds is 0. The molecule has 0 aliphatic carbocycles. The van der Waals surface area contributed by atoms with E-state index in [1.54, 1.807) is 0 Å². The molecule has 0 fully saturated rings. The second-order valence-corrected chi connectivity index (χ2v) is 0. The zero-order valence-corrected chi connectivity index (χ0v) is 3.91. The smallest absolute Gasteiger partial charge is 0.870 e. The molecule has 0 aromatic rings. The SMILES string of the molecule is [Mg+2].[OH-].[OH-].[OH-].[OH-]. The Balaban J connectivity index is 0. The van der Waals surface area contributed by atoms with Gasteiger partial charge in [-0.05, 0) is 0 Å². The third-order valence-electron chi connectivity index (χ3n) is 0. The standard InChI is InChI=1S/Mg.4H2O/h;4*1H2/q+2;;;;/p-4. The van der Waals surface area contributed by atoms with Crippen molar-refractivity contribution in [2.75, 3.05) is 0 Å². The monoisotopic (exact) mass is 92.0 g/mol. The van der Waals surface area contributed by atoms with Crippen LogP contribution in [0.3, 0.4) is 0 Å². The fourth-order valence-corrected chi connectivity index (χ4v) is 0. The molecular weight excluding hydrogens is 88.3 g/mol. The van der Waals surface area contributed by atoms with Gasteiger partial charge in [0.15, 0.2) is 0 Å². The second-order valence-electron chi connectivity index (χ2n) is 0. The molecule has 0 radical (unpaired) electrons. The topological polar surface area (TPSA) is 120 Å². The van der Waals surface area contributed by atoms with Crippen molar-refractivity contribution < 1.29 is 21.9 Å². The van der Waals surface area contributed by atoms with Crippen molar-refractivity contribution in [2.45, 2.75) is 0 Å². The van der Waals surface area contributed by atoms with E-state index in [1.807, 2.05) is 0 Å². The molecule has 32 valence electrons. The molecule has 0 aliphatic heterocycles. The Bertz CT molecular complexity index is 3.61. The zero-order chi connectivity index (χ0) is 0. The molecule has 0 aliphatic rings. The van der Waals surface area contributed by atoms with E-state index in [0.29, 0.717) is 0 Å². The van der Waals surface area contributed by atoms with E-state index >= 15 is 0 Å². The van der Waals surface area contributed by atoms with Crippen LogP contribution in [0.4, 0.5) is 0 Å². The first-order chi connectivity index (χ1) is 0. The van der Waals surface area contributed by atoms with Gasteiger partial charge in [-0.25, -0.2) is 0 Å². The van der Waals surface area contributed by atoms with E-state index < -0.39 is 0 Å². The molecule has 0 aromatic carbocycles. The summed E-state index contributed by atoms with van der Waals surface area (Å²) in [6.07, 6.45) is 0. The van der Waals surface area contributed by atoms with Gasteiger partial charge in [0, 0.05) is 0 Å². The molecule has 0 aromatic heterocycles. The molecule has 0 saturated carbocycles. The molecule has 4 N–H and O–H groups in total. The third-order valence-corrected chi connectivity index (χ3v) is 0. The van der Waals surface area contributed by atoms with Crippen LogP contribution in [-0.4, -0.2) is 45.0 Å². The maximum absolute atomic E-state index is 0. The van der Waals surface area contributed by atoms with Crippen molar-refractivity contribution in [3.8, 4) is 0 Å². The van der Waals surface area contributed by atoms with Gasteiger partial charge in [0.25, 0.3) is 0 Å². The van der Waals surface area contributed by atoms with E-state index in [2.05, 4.69) is 0 Å². The second kappa shape index (κ2) is 163. The Morgan fingerprint density at radius 2 is 0.400 bits per heavy atom. The molecule has 0 saturated heterocycles. The van der Waals surface area contributed by atoms with Gasteiger partial charge in [0.1, 0.15) is 0 Å². The van der Waals surface area contributed by atoms with Gasteiger partial charge in [-0.15, -0.1) is 0 Å². The summed E-state index contributed by atoms with van der Waals surface area (Å²) in [5, 5.41) is 0. The molecule has 0 atom stereocenters. The molecule has 0 unspecified atom stereocenters. The fraction of sp³-hybridized carbons (Fsp3) is 0. The fourth-order valence-electron chi connectivity index (χ4n) is 0. The van der Waals surface area contributed by atoms with Gasteiger partial charge in [-0.1, -0.05) is 0 Å². The van der Waals surface area contributed by atoms with Gasteiger partial charge in [0.05, 0.1) is 0 Å². The predicted molar refractivity (Wildman–Crippen MR) is 13.5 cm³/mol. The van der Waals surface area contributed by atoms with Crippen LogP contribution in [0.2, 0.25) is 0 Å². The first-order valence-corrected chi connectivity index (χ1v) is 0. The third kappa shape index (κ3) is 85.1. The average molecular weight is 92.3 g/mol. The summed E-state index contributed by atoms with van der Waals surface area (Å²) in [4.78, 5) is 0. The normalized spacial score (nSPS) is 0. The van der Waals surface area contributed by atoms with Gasteiger partial charge in [-0.3, -0.25) is 0 Å². The van der Waals surface area contributed by atoms with Gasteiger partial charge >= 0.3 is 23.1 Å². The molecule has 0 heterocycles.